The average Bonchev–Trinajstić information content (AvgIpc) is 3.47. The van der Waals surface area contributed by atoms with E-state index in [4.69, 9.17) is 24.4 Å². The normalized spacial score (nSPS) is 32.3. The molecule has 0 aliphatic heterocycles. The summed E-state index contributed by atoms with van der Waals surface area (Å²) < 4.78 is 19.6. The minimum Gasteiger partial charge on any atom is -0.492 e. The number of benzene rings is 2. The molecule has 11 rings (SSSR count). The van der Waals surface area contributed by atoms with Crippen molar-refractivity contribution in [2.45, 2.75) is 105 Å². The molecule has 296 valence electrons. The Morgan fingerprint density at radius 2 is 1.00 bits per heavy atom. The molecule has 8 bridgehead atoms. The number of likely N-dealkylation sites (N-methyl/N-ethyl adjacent to an activating group) is 2. The van der Waals surface area contributed by atoms with Crippen LogP contribution in [0.25, 0.3) is 11.1 Å². The molecule has 55 heavy (non-hydrogen) atoms. The van der Waals surface area contributed by atoms with Crippen molar-refractivity contribution in [3.05, 3.63) is 47.5 Å². The monoisotopic (exact) mass is 748 g/mol. The van der Waals surface area contributed by atoms with Crippen LogP contribution in [0.15, 0.2) is 46.6 Å². The second-order valence-electron chi connectivity index (χ2n) is 18.8. The Balaban J connectivity index is 1.08. The van der Waals surface area contributed by atoms with Crippen LogP contribution in [0, 0.1) is 46.3 Å². The summed E-state index contributed by atoms with van der Waals surface area (Å²) in [6.07, 6.45) is 14.1. The maximum absolute atomic E-state index is 14.7. The fourth-order valence-corrected chi connectivity index (χ4v) is 13.3. The van der Waals surface area contributed by atoms with Gasteiger partial charge in [0.25, 0.3) is 0 Å². The van der Waals surface area contributed by atoms with Gasteiger partial charge in [-0.25, -0.2) is 0 Å². The molecule has 2 aromatic carbocycles. The largest absolute Gasteiger partial charge is 0.492 e. The molecule has 0 saturated heterocycles. The molecule has 8 fully saturated rings. The predicted octanol–water partition coefficient (Wildman–Crippen LogP) is 9.24. The van der Waals surface area contributed by atoms with Crippen molar-refractivity contribution < 1.29 is 19.0 Å². The molecule has 0 unspecified atom stereocenters. The molecule has 9 aliphatic carbocycles. The first kappa shape index (κ1) is 37.4. The van der Waals surface area contributed by atoms with Crippen LogP contribution in [0.1, 0.15) is 116 Å². The second-order valence-corrected chi connectivity index (χ2v) is 18.8. The number of carbonyl (C=O) groups is 1. The molecule has 0 aromatic heterocycles. The van der Waals surface area contributed by atoms with Gasteiger partial charge >= 0.3 is 5.97 Å². The lowest BCUT2D eigenvalue weighted by atomic mass is 9.49. The number of esters is 1. The van der Waals surface area contributed by atoms with Crippen LogP contribution >= 0.6 is 0 Å². The smallest absolute Gasteiger partial charge is 0.318 e. The Kier molecular flexibility index (Phi) is 10.4. The van der Waals surface area contributed by atoms with Crippen molar-refractivity contribution in [2.75, 3.05) is 52.5 Å². The number of ether oxygens (including phenoxy) is 3. The molecule has 9 aliphatic rings. The summed E-state index contributed by atoms with van der Waals surface area (Å²) in [4.78, 5) is 19.4. The molecule has 2 aromatic rings. The molecule has 0 radical (unpaired) electrons. The first-order chi connectivity index (χ1) is 26.8. The first-order valence-electron chi connectivity index (χ1n) is 22.2. The summed E-state index contributed by atoms with van der Waals surface area (Å²) in [5.41, 5.74) is 4.53. The van der Waals surface area contributed by atoms with Gasteiger partial charge in [0.1, 0.15) is 30.4 Å². The highest BCUT2D eigenvalue weighted by molar-refractivity contribution is 6.25. The fourth-order valence-electron chi connectivity index (χ4n) is 13.3. The third-order valence-electron chi connectivity index (χ3n) is 15.3. The van der Waals surface area contributed by atoms with Gasteiger partial charge in [-0.05, 0) is 186 Å². The summed E-state index contributed by atoms with van der Waals surface area (Å²) in [5.74, 6) is 6.41. The van der Waals surface area contributed by atoms with E-state index in [0.29, 0.717) is 54.6 Å². The van der Waals surface area contributed by atoms with E-state index in [0.717, 1.165) is 117 Å². The lowest BCUT2D eigenvalue weighted by Gasteiger charge is -2.57. The van der Waals surface area contributed by atoms with Crippen LogP contribution < -0.4 is 9.47 Å². The van der Waals surface area contributed by atoms with Crippen molar-refractivity contribution in [1.29, 1.82) is 0 Å². The lowest BCUT2D eigenvalue weighted by molar-refractivity contribution is -0.164. The number of nitrogens with zero attached hydrogens (tertiary/aromatic N) is 4. The zero-order valence-corrected chi connectivity index (χ0v) is 34.0. The lowest BCUT2D eigenvalue weighted by Crippen LogP contribution is -2.54. The molecule has 0 heterocycles. The molecule has 8 saturated carbocycles. The van der Waals surface area contributed by atoms with E-state index in [1.54, 1.807) is 0 Å². The van der Waals surface area contributed by atoms with Crippen LogP contribution in [0.5, 0.6) is 11.5 Å². The highest BCUT2D eigenvalue weighted by atomic mass is 16.5. The van der Waals surface area contributed by atoms with E-state index < -0.39 is 0 Å². The highest BCUT2D eigenvalue weighted by Crippen LogP contribution is 2.63. The Hall–Kier alpha value is -3.23. The summed E-state index contributed by atoms with van der Waals surface area (Å²) in [5, 5.41) is 10.4. The van der Waals surface area contributed by atoms with Crippen molar-refractivity contribution in [3.63, 3.8) is 0 Å². The first-order valence-corrected chi connectivity index (χ1v) is 22.2. The van der Waals surface area contributed by atoms with E-state index in [1.165, 1.54) is 38.5 Å². The van der Waals surface area contributed by atoms with Crippen LogP contribution in [0.4, 0.5) is 0 Å². The van der Waals surface area contributed by atoms with E-state index in [1.807, 2.05) is 0 Å². The summed E-state index contributed by atoms with van der Waals surface area (Å²) in [6.45, 7) is 15.8. The number of hydrogen-bond donors (Lipinski definition) is 0. The van der Waals surface area contributed by atoms with Gasteiger partial charge in [0.15, 0.2) is 0 Å². The molecule has 8 nitrogen and oxygen atoms in total. The van der Waals surface area contributed by atoms with Gasteiger partial charge in [0.2, 0.25) is 5.90 Å². The number of hydrogen-bond acceptors (Lipinski definition) is 8. The zero-order valence-electron chi connectivity index (χ0n) is 34.0. The highest BCUT2D eigenvalue weighted by Gasteiger charge is 2.59. The maximum atomic E-state index is 14.7. The molecular formula is C47H64N4O4. The average molecular weight is 749 g/mol. The zero-order chi connectivity index (χ0) is 37.7. The van der Waals surface area contributed by atoms with Crippen molar-refractivity contribution in [2.24, 2.45) is 56.5 Å². The van der Waals surface area contributed by atoms with Crippen molar-refractivity contribution >= 4 is 17.6 Å². The Bertz CT molecular complexity index is 1670. The quantitative estimate of drug-likeness (QED) is 0.0668. The van der Waals surface area contributed by atoms with Gasteiger partial charge in [0.05, 0.1) is 5.41 Å². The number of fused-ring (bicyclic) bond motifs is 3. The predicted molar refractivity (Wildman–Crippen MR) is 219 cm³/mol. The van der Waals surface area contributed by atoms with Crippen LogP contribution in [-0.2, 0) is 9.53 Å². The third-order valence-corrected chi connectivity index (χ3v) is 15.3. The molecule has 0 spiro atoms. The Labute approximate surface area is 329 Å². The standard InChI is InChI=1S/C47H64N4O4/c1-5-50(6-2)13-15-53-37-9-11-39-40-12-10-38(54-16-14-51(7-3)8-4)24-42(40)43(41(39)23-37)48-49-44(46-25-31-17-32(26-46)19-33(18-31)27-46)55-45(52)47-28-34-20-35(29-47)22-36(21-34)30-47/h9-12,23-24,31-36H,5-8,13-22,25-30H2,1-4H3. The van der Waals surface area contributed by atoms with Gasteiger partial charge in [-0.2, -0.15) is 0 Å². The minimum absolute atomic E-state index is 0.00120. The fraction of sp³-hybridized carbons (Fsp3) is 0.681. The van der Waals surface area contributed by atoms with E-state index >= 15 is 0 Å². The summed E-state index contributed by atoms with van der Waals surface area (Å²) in [6, 6.07) is 12.8. The minimum atomic E-state index is -0.341. The molecule has 8 heteroatoms. The second kappa shape index (κ2) is 15.3. The maximum Gasteiger partial charge on any atom is 0.318 e. The van der Waals surface area contributed by atoms with Crippen molar-refractivity contribution in [1.82, 2.24) is 9.80 Å². The number of carbonyl (C=O) groups excluding carboxylic acids is 1. The topological polar surface area (TPSA) is 76.0 Å². The Morgan fingerprint density at radius 3 is 1.40 bits per heavy atom. The molecule has 0 amide bonds. The third kappa shape index (κ3) is 7.17. The summed E-state index contributed by atoms with van der Waals surface area (Å²) >= 11 is 0. The molecule has 0 N–H and O–H groups in total. The van der Waals surface area contributed by atoms with E-state index in [9.17, 15) is 4.79 Å². The number of rotatable bonds is 15. The summed E-state index contributed by atoms with van der Waals surface area (Å²) in [7, 11) is 0. The van der Waals surface area contributed by atoms with Crippen LogP contribution in [0.2, 0.25) is 0 Å². The molecular weight excluding hydrogens is 685 g/mol. The van der Waals surface area contributed by atoms with Gasteiger partial charge in [-0.3, -0.25) is 4.79 Å². The Morgan fingerprint density at radius 1 is 0.600 bits per heavy atom. The van der Waals surface area contributed by atoms with E-state index in [-0.39, 0.29) is 16.8 Å². The van der Waals surface area contributed by atoms with Gasteiger partial charge < -0.3 is 24.0 Å². The SMILES string of the molecule is CCN(CC)CCOc1ccc2c(c1)C(=NN=C(OC(=O)C13CC4CC(CC(C4)C1)C3)C13CC4CC(CC(C4)C1)C3)c1cc(OCCN(CC)CC)ccc1-2. The van der Waals surface area contributed by atoms with Gasteiger partial charge in [-0.1, -0.05) is 27.7 Å². The molecule has 0 atom stereocenters. The van der Waals surface area contributed by atoms with Gasteiger partial charge in [0, 0.05) is 29.6 Å². The van der Waals surface area contributed by atoms with Crippen molar-refractivity contribution in [3.8, 4) is 22.6 Å². The van der Waals surface area contributed by atoms with Crippen LogP contribution in [0.3, 0.4) is 0 Å². The van der Waals surface area contributed by atoms with E-state index in [2.05, 4.69) is 73.9 Å². The van der Waals surface area contributed by atoms with Gasteiger partial charge in [-0.15, -0.1) is 10.2 Å². The van der Waals surface area contributed by atoms with Crippen LogP contribution in [-0.4, -0.2) is 79.9 Å².